The summed E-state index contributed by atoms with van der Waals surface area (Å²) in [7, 11) is 0. The van der Waals surface area contributed by atoms with Gasteiger partial charge in [-0.15, -0.1) is 0 Å². The molecule has 0 saturated heterocycles. The molecule has 192 valence electrons. The molecule has 5 heteroatoms. The van der Waals surface area contributed by atoms with Crippen molar-refractivity contribution in [1.82, 2.24) is 4.98 Å². The second kappa shape index (κ2) is 8.82. The van der Waals surface area contributed by atoms with Crippen LogP contribution in [-0.2, 0) is 11.2 Å². The first-order valence-corrected chi connectivity index (χ1v) is 14.4. The summed E-state index contributed by atoms with van der Waals surface area (Å²) >= 11 is 0. The first kappa shape index (κ1) is 23.9. The van der Waals surface area contributed by atoms with Crippen molar-refractivity contribution < 1.29 is 14.3 Å². The van der Waals surface area contributed by atoms with E-state index in [1.165, 1.54) is 57.4 Å². The Labute approximate surface area is 210 Å². The Balaban J connectivity index is 1.10. The van der Waals surface area contributed by atoms with Gasteiger partial charge < -0.3 is 10.0 Å². The largest absolute Gasteiger partial charge is 0.393 e. The van der Waals surface area contributed by atoms with Gasteiger partial charge in [-0.25, -0.2) is 4.98 Å². The second-order valence-electron chi connectivity index (χ2n) is 13.1. The highest BCUT2D eigenvalue weighted by Gasteiger charge is 2.61. The molecule has 0 spiro atoms. The van der Waals surface area contributed by atoms with Crippen LogP contribution in [0.2, 0.25) is 0 Å². The lowest BCUT2D eigenvalue weighted by molar-refractivity contribution is -0.162. The van der Waals surface area contributed by atoms with Crippen LogP contribution in [0.4, 0.5) is 10.1 Å². The Hall–Kier alpha value is -1.49. The summed E-state index contributed by atoms with van der Waals surface area (Å²) in [4.78, 5) is 18.8. The van der Waals surface area contributed by atoms with Crippen molar-refractivity contribution in [1.29, 1.82) is 0 Å². The number of anilines is 1. The second-order valence-corrected chi connectivity index (χ2v) is 13.1. The molecule has 1 aliphatic heterocycles. The van der Waals surface area contributed by atoms with Gasteiger partial charge in [-0.05, 0) is 110 Å². The van der Waals surface area contributed by atoms with Gasteiger partial charge in [0.15, 0.2) is 0 Å². The first-order chi connectivity index (χ1) is 16.8. The van der Waals surface area contributed by atoms with Crippen LogP contribution in [0.1, 0.15) is 96.6 Å². The van der Waals surface area contributed by atoms with Crippen molar-refractivity contribution in [2.24, 2.45) is 40.4 Å². The Morgan fingerprint density at radius 1 is 1.11 bits per heavy atom. The van der Waals surface area contributed by atoms with Crippen LogP contribution in [0, 0.1) is 46.4 Å². The zero-order valence-electron chi connectivity index (χ0n) is 21.6. The van der Waals surface area contributed by atoms with Crippen molar-refractivity contribution in [2.75, 3.05) is 11.4 Å². The van der Waals surface area contributed by atoms with Crippen LogP contribution in [0.25, 0.3) is 0 Å². The standard InChI is InChI=1S/C30H43FN2O2/c1-29-15-4-3-6-20(29)18-25(34)28-21-10-9-19(30(21,2)16-13-22(28)29)7-5-8-27(35)33-17-14-23-24(33)11-12-26(31)32-23/h11-12,19-22,25,28,34H,3-10,13-18H2,1-2H3. The maximum absolute atomic E-state index is 13.4. The van der Waals surface area contributed by atoms with Crippen molar-refractivity contribution in [3.63, 3.8) is 0 Å². The van der Waals surface area contributed by atoms with Crippen molar-refractivity contribution in [3.05, 3.63) is 23.8 Å². The molecule has 4 aliphatic carbocycles. The van der Waals surface area contributed by atoms with Crippen molar-refractivity contribution in [2.45, 2.75) is 103 Å². The number of hydrogen-bond acceptors (Lipinski definition) is 3. The van der Waals surface area contributed by atoms with Crippen molar-refractivity contribution >= 4 is 11.6 Å². The number of aliphatic hydroxyl groups is 1. The minimum absolute atomic E-state index is 0.116. The first-order valence-electron chi connectivity index (χ1n) is 14.4. The third-order valence-electron chi connectivity index (χ3n) is 11.8. The highest BCUT2D eigenvalue weighted by atomic mass is 19.1. The van der Waals surface area contributed by atoms with E-state index in [2.05, 4.69) is 18.8 Å². The molecule has 1 aromatic heterocycles. The van der Waals surface area contributed by atoms with Crippen LogP contribution >= 0.6 is 0 Å². The number of rotatable bonds is 4. The fraction of sp³-hybridized carbons (Fsp3) is 0.800. The molecule has 5 aliphatic rings. The minimum atomic E-state index is -0.465. The Kier molecular flexibility index (Phi) is 6.02. The van der Waals surface area contributed by atoms with Gasteiger partial charge in [0.05, 0.1) is 17.5 Å². The number of carbonyl (C=O) groups is 1. The van der Waals surface area contributed by atoms with Gasteiger partial charge >= 0.3 is 0 Å². The van der Waals surface area contributed by atoms with E-state index in [9.17, 15) is 14.3 Å². The molecule has 6 rings (SSSR count). The maximum atomic E-state index is 13.4. The number of carbonyl (C=O) groups excluding carboxylic acids is 1. The number of amides is 1. The summed E-state index contributed by atoms with van der Waals surface area (Å²) < 4.78 is 13.4. The quantitative estimate of drug-likeness (QED) is 0.513. The lowest BCUT2D eigenvalue weighted by Crippen LogP contribution is -2.57. The van der Waals surface area contributed by atoms with Gasteiger partial charge in [-0.3, -0.25) is 4.79 Å². The van der Waals surface area contributed by atoms with E-state index in [1.54, 1.807) is 6.07 Å². The third kappa shape index (κ3) is 3.78. The van der Waals surface area contributed by atoms with E-state index in [-0.39, 0.29) is 12.0 Å². The molecule has 1 N–H and O–H groups in total. The molecule has 0 radical (unpaired) electrons. The number of nitrogens with zero attached hydrogens (tertiary/aromatic N) is 2. The fourth-order valence-electron chi connectivity index (χ4n) is 9.97. The molecule has 8 unspecified atom stereocenters. The van der Waals surface area contributed by atoms with Crippen molar-refractivity contribution in [3.8, 4) is 0 Å². The zero-order valence-corrected chi connectivity index (χ0v) is 21.6. The average Bonchev–Trinajstić information content (AvgIpc) is 3.40. The minimum Gasteiger partial charge on any atom is -0.393 e. The number of fused-ring (bicyclic) bond motifs is 6. The molecule has 2 heterocycles. The zero-order chi connectivity index (χ0) is 24.4. The summed E-state index contributed by atoms with van der Waals surface area (Å²) in [5, 5.41) is 11.4. The molecule has 8 atom stereocenters. The highest BCUT2D eigenvalue weighted by Crippen LogP contribution is 2.67. The van der Waals surface area contributed by atoms with Gasteiger partial charge in [0.25, 0.3) is 0 Å². The number of aromatic nitrogens is 1. The topological polar surface area (TPSA) is 53.4 Å². The lowest BCUT2D eigenvalue weighted by Gasteiger charge is -2.62. The summed E-state index contributed by atoms with van der Waals surface area (Å²) in [6.45, 7) is 5.71. The number of halogens is 1. The Morgan fingerprint density at radius 2 is 1.94 bits per heavy atom. The molecular formula is C30H43FN2O2. The molecule has 1 aromatic rings. The molecule has 4 saturated carbocycles. The average molecular weight is 483 g/mol. The van der Waals surface area contributed by atoms with Crippen LogP contribution < -0.4 is 4.90 Å². The fourth-order valence-corrected chi connectivity index (χ4v) is 9.97. The smallest absolute Gasteiger partial charge is 0.227 e. The molecule has 0 bridgehead atoms. The number of aliphatic hydroxyl groups excluding tert-OH is 1. The maximum Gasteiger partial charge on any atom is 0.227 e. The lowest BCUT2D eigenvalue weighted by atomic mass is 9.44. The summed E-state index contributed by atoms with van der Waals surface area (Å²) in [6.07, 6.45) is 14.6. The van der Waals surface area contributed by atoms with E-state index >= 15 is 0 Å². The highest BCUT2D eigenvalue weighted by molar-refractivity contribution is 5.95. The SMILES string of the molecule is CC12CCC3C(C(O)CC4CCCCC43C)C1CCC2CCCC(=O)N1CCc2nc(F)ccc21. The molecule has 1 amide bonds. The van der Waals surface area contributed by atoms with E-state index < -0.39 is 5.95 Å². The van der Waals surface area contributed by atoms with Crippen LogP contribution in [0.5, 0.6) is 0 Å². The molecule has 4 nitrogen and oxygen atoms in total. The number of pyridine rings is 1. The van der Waals surface area contributed by atoms with Gasteiger partial charge in [0, 0.05) is 19.4 Å². The Bertz CT molecular complexity index is 983. The summed E-state index contributed by atoms with van der Waals surface area (Å²) in [5.41, 5.74) is 2.26. The van der Waals surface area contributed by atoms with Gasteiger partial charge in [0.2, 0.25) is 11.9 Å². The predicted molar refractivity (Wildman–Crippen MR) is 135 cm³/mol. The van der Waals surface area contributed by atoms with Crippen LogP contribution in [0.3, 0.4) is 0 Å². The van der Waals surface area contributed by atoms with Crippen LogP contribution in [0.15, 0.2) is 12.1 Å². The predicted octanol–water partition coefficient (Wildman–Crippen LogP) is 6.30. The molecule has 0 aromatic carbocycles. The van der Waals surface area contributed by atoms with E-state index in [0.29, 0.717) is 59.6 Å². The third-order valence-corrected chi connectivity index (χ3v) is 11.8. The van der Waals surface area contributed by atoms with E-state index in [1.807, 2.05) is 4.90 Å². The monoisotopic (exact) mass is 482 g/mol. The van der Waals surface area contributed by atoms with E-state index in [4.69, 9.17) is 0 Å². The van der Waals surface area contributed by atoms with Gasteiger partial charge in [-0.2, -0.15) is 4.39 Å². The molecular weight excluding hydrogens is 439 g/mol. The molecule has 4 fully saturated rings. The van der Waals surface area contributed by atoms with Gasteiger partial charge in [-0.1, -0.05) is 26.7 Å². The Morgan fingerprint density at radius 3 is 2.80 bits per heavy atom. The summed E-state index contributed by atoms with van der Waals surface area (Å²) in [5.74, 6) is 2.89. The van der Waals surface area contributed by atoms with E-state index in [0.717, 1.165) is 30.9 Å². The normalized spacial score (nSPS) is 42.2. The number of hydrogen-bond donors (Lipinski definition) is 1. The molecule has 35 heavy (non-hydrogen) atoms. The summed E-state index contributed by atoms with van der Waals surface area (Å²) in [6, 6.07) is 3.06. The van der Waals surface area contributed by atoms with Gasteiger partial charge in [0.1, 0.15) is 0 Å². The van der Waals surface area contributed by atoms with Crippen LogP contribution in [-0.4, -0.2) is 28.6 Å².